The Morgan fingerprint density at radius 2 is 2.26 bits per heavy atom. The van der Waals surface area contributed by atoms with Crippen molar-refractivity contribution in [2.45, 2.75) is 17.7 Å². The van der Waals surface area contributed by atoms with Crippen molar-refractivity contribution in [2.24, 2.45) is 0 Å². The molecule has 0 saturated heterocycles. The minimum absolute atomic E-state index is 0.0133. The fourth-order valence-electron chi connectivity index (χ4n) is 2.10. The Morgan fingerprint density at radius 1 is 1.43 bits per heavy atom. The molecule has 0 aromatic heterocycles. The first-order chi connectivity index (χ1) is 11.1. The highest BCUT2D eigenvalue weighted by molar-refractivity contribution is 7.99. The number of esters is 1. The van der Waals surface area contributed by atoms with E-state index in [0.29, 0.717) is 30.8 Å². The van der Waals surface area contributed by atoms with Gasteiger partial charge in [0.1, 0.15) is 5.83 Å². The van der Waals surface area contributed by atoms with Crippen molar-refractivity contribution in [3.63, 3.8) is 0 Å². The molecule has 0 unspecified atom stereocenters. The second kappa shape index (κ2) is 8.57. The van der Waals surface area contributed by atoms with E-state index in [-0.39, 0.29) is 24.4 Å². The van der Waals surface area contributed by atoms with Crippen LogP contribution in [0.1, 0.15) is 12.8 Å². The number of methoxy groups -OCH3 is 1. The molecular formula is C16H19FN2O3S. The molecule has 5 nitrogen and oxygen atoms in total. The standard InChI is InChI=1S/C16H19FN2O3S/c1-22-15(20)7-9-23-14-6-2-5-13(10-14)18-16(21)19-8-3-4-12(17)11-19/h2,4-6,10H,3,7-9,11H2,1H3,(H,18,21). The van der Waals surface area contributed by atoms with Gasteiger partial charge in [0, 0.05) is 22.9 Å². The molecule has 7 heteroatoms. The quantitative estimate of drug-likeness (QED) is 0.660. The van der Waals surface area contributed by atoms with E-state index in [2.05, 4.69) is 10.1 Å². The molecule has 1 N–H and O–H groups in total. The summed E-state index contributed by atoms with van der Waals surface area (Å²) in [6, 6.07) is 7.02. The van der Waals surface area contributed by atoms with Crippen molar-refractivity contribution in [1.82, 2.24) is 4.90 Å². The average molecular weight is 338 g/mol. The van der Waals surface area contributed by atoms with Crippen molar-refractivity contribution < 1.29 is 18.7 Å². The van der Waals surface area contributed by atoms with Crippen LogP contribution in [0.2, 0.25) is 0 Å². The van der Waals surface area contributed by atoms with Gasteiger partial charge in [-0.05, 0) is 30.7 Å². The van der Waals surface area contributed by atoms with E-state index in [1.165, 1.54) is 29.8 Å². The fourth-order valence-corrected chi connectivity index (χ4v) is 2.99. The van der Waals surface area contributed by atoms with Crippen LogP contribution >= 0.6 is 11.8 Å². The molecular weight excluding hydrogens is 319 g/mol. The topological polar surface area (TPSA) is 58.6 Å². The van der Waals surface area contributed by atoms with E-state index in [9.17, 15) is 14.0 Å². The Kier molecular flexibility index (Phi) is 6.46. The summed E-state index contributed by atoms with van der Waals surface area (Å²) >= 11 is 1.51. The zero-order chi connectivity index (χ0) is 16.7. The Hall–Kier alpha value is -2.02. The molecule has 2 rings (SSSR count). The zero-order valence-electron chi connectivity index (χ0n) is 12.9. The highest BCUT2D eigenvalue weighted by Gasteiger charge is 2.18. The number of thioether (sulfide) groups is 1. The predicted molar refractivity (Wildman–Crippen MR) is 88.2 cm³/mol. The fraction of sp³-hybridized carbons (Fsp3) is 0.375. The van der Waals surface area contributed by atoms with Crippen LogP contribution in [-0.4, -0.2) is 42.9 Å². The second-order valence-electron chi connectivity index (χ2n) is 4.99. The number of benzene rings is 1. The first-order valence-electron chi connectivity index (χ1n) is 7.28. The number of ether oxygens (including phenoxy) is 1. The van der Waals surface area contributed by atoms with Gasteiger partial charge in [-0.1, -0.05) is 6.07 Å². The summed E-state index contributed by atoms with van der Waals surface area (Å²) < 4.78 is 17.8. The number of amides is 2. The van der Waals surface area contributed by atoms with Gasteiger partial charge in [0.15, 0.2) is 0 Å². The van der Waals surface area contributed by atoms with E-state index in [0.717, 1.165) is 4.90 Å². The van der Waals surface area contributed by atoms with Crippen LogP contribution in [-0.2, 0) is 9.53 Å². The maximum atomic E-state index is 13.2. The van der Waals surface area contributed by atoms with Gasteiger partial charge in [-0.2, -0.15) is 0 Å². The molecule has 1 aromatic rings. The SMILES string of the molecule is COC(=O)CCSc1cccc(NC(=O)N2CCC=C(F)C2)c1. The molecule has 0 fully saturated rings. The third-order valence-electron chi connectivity index (χ3n) is 3.28. The lowest BCUT2D eigenvalue weighted by molar-refractivity contribution is -0.140. The zero-order valence-corrected chi connectivity index (χ0v) is 13.7. The molecule has 0 radical (unpaired) electrons. The summed E-state index contributed by atoms with van der Waals surface area (Å²) in [5.41, 5.74) is 0.646. The molecule has 1 aliphatic heterocycles. The summed E-state index contributed by atoms with van der Waals surface area (Å²) in [7, 11) is 1.36. The summed E-state index contributed by atoms with van der Waals surface area (Å²) in [4.78, 5) is 25.6. The first-order valence-corrected chi connectivity index (χ1v) is 8.27. The number of carbonyl (C=O) groups is 2. The number of anilines is 1. The lowest BCUT2D eigenvalue weighted by Gasteiger charge is -2.24. The maximum absolute atomic E-state index is 13.2. The van der Waals surface area contributed by atoms with E-state index in [1.54, 1.807) is 6.07 Å². The summed E-state index contributed by atoms with van der Waals surface area (Å²) in [5, 5.41) is 2.77. The number of halogens is 1. The molecule has 23 heavy (non-hydrogen) atoms. The minimum Gasteiger partial charge on any atom is -0.469 e. The highest BCUT2D eigenvalue weighted by atomic mass is 32.2. The summed E-state index contributed by atoms with van der Waals surface area (Å²) in [6.07, 6.45) is 2.36. The van der Waals surface area contributed by atoms with Crippen LogP contribution in [0.15, 0.2) is 41.1 Å². The Morgan fingerprint density at radius 3 is 3.00 bits per heavy atom. The monoisotopic (exact) mass is 338 g/mol. The summed E-state index contributed by atoms with van der Waals surface area (Å²) in [5.74, 6) is 0.0762. The summed E-state index contributed by atoms with van der Waals surface area (Å²) in [6.45, 7) is 0.520. The van der Waals surface area contributed by atoms with E-state index < -0.39 is 0 Å². The third-order valence-corrected chi connectivity index (χ3v) is 4.28. The van der Waals surface area contributed by atoms with Gasteiger partial charge < -0.3 is 15.0 Å². The van der Waals surface area contributed by atoms with Crippen molar-refractivity contribution in [1.29, 1.82) is 0 Å². The van der Waals surface area contributed by atoms with Crippen LogP contribution in [0.25, 0.3) is 0 Å². The third kappa shape index (κ3) is 5.59. The molecule has 0 saturated carbocycles. The van der Waals surface area contributed by atoms with Crippen molar-refractivity contribution in [3.8, 4) is 0 Å². The molecule has 0 atom stereocenters. The van der Waals surface area contributed by atoms with Crippen molar-refractivity contribution >= 4 is 29.4 Å². The van der Waals surface area contributed by atoms with Gasteiger partial charge in [0.2, 0.25) is 0 Å². The Labute approximate surface area is 138 Å². The Balaban J connectivity index is 1.88. The van der Waals surface area contributed by atoms with Crippen LogP contribution in [0.3, 0.4) is 0 Å². The molecule has 1 heterocycles. The number of nitrogens with zero attached hydrogens (tertiary/aromatic N) is 1. The number of carbonyl (C=O) groups excluding carboxylic acids is 2. The Bertz CT molecular complexity index is 607. The van der Waals surface area contributed by atoms with Crippen molar-refractivity contribution in [2.75, 3.05) is 31.3 Å². The van der Waals surface area contributed by atoms with Crippen LogP contribution in [0, 0.1) is 0 Å². The van der Waals surface area contributed by atoms with E-state index >= 15 is 0 Å². The highest BCUT2D eigenvalue weighted by Crippen LogP contribution is 2.23. The molecule has 1 aliphatic rings. The van der Waals surface area contributed by atoms with E-state index in [1.807, 2.05) is 18.2 Å². The molecule has 124 valence electrons. The average Bonchev–Trinajstić information content (AvgIpc) is 2.55. The second-order valence-corrected chi connectivity index (χ2v) is 6.16. The van der Waals surface area contributed by atoms with Crippen LogP contribution < -0.4 is 5.32 Å². The smallest absolute Gasteiger partial charge is 0.322 e. The lowest BCUT2D eigenvalue weighted by Crippen LogP contribution is -2.38. The van der Waals surface area contributed by atoms with E-state index in [4.69, 9.17) is 0 Å². The van der Waals surface area contributed by atoms with Gasteiger partial charge in [-0.15, -0.1) is 11.8 Å². The van der Waals surface area contributed by atoms with Gasteiger partial charge in [-0.3, -0.25) is 4.79 Å². The van der Waals surface area contributed by atoms with Gasteiger partial charge >= 0.3 is 12.0 Å². The predicted octanol–water partition coefficient (Wildman–Crippen LogP) is 3.43. The number of rotatable bonds is 5. The molecule has 0 bridgehead atoms. The molecule has 1 aromatic carbocycles. The van der Waals surface area contributed by atoms with Gasteiger partial charge in [0.25, 0.3) is 0 Å². The number of hydrogen-bond acceptors (Lipinski definition) is 4. The maximum Gasteiger partial charge on any atom is 0.322 e. The molecule has 0 aliphatic carbocycles. The number of nitrogens with one attached hydrogen (secondary N) is 1. The largest absolute Gasteiger partial charge is 0.469 e. The van der Waals surface area contributed by atoms with Crippen LogP contribution in [0.5, 0.6) is 0 Å². The van der Waals surface area contributed by atoms with Crippen LogP contribution in [0.4, 0.5) is 14.9 Å². The van der Waals surface area contributed by atoms with Gasteiger partial charge in [0.05, 0.1) is 20.1 Å². The van der Waals surface area contributed by atoms with Gasteiger partial charge in [-0.25, -0.2) is 9.18 Å². The minimum atomic E-state index is -0.315. The number of hydrogen-bond donors (Lipinski definition) is 1. The van der Waals surface area contributed by atoms with Crippen molar-refractivity contribution in [3.05, 3.63) is 36.2 Å². The lowest BCUT2D eigenvalue weighted by atomic mass is 10.2. The molecule has 0 spiro atoms. The first kappa shape index (κ1) is 17.3. The normalized spacial score (nSPS) is 14.2. The molecule has 2 amide bonds. The number of urea groups is 1.